The third kappa shape index (κ3) is 7.64. The molecule has 0 aliphatic heterocycles. The Morgan fingerprint density at radius 3 is 2.48 bits per heavy atom. The Balaban J connectivity index is 1.63. The number of nitrogens with one attached hydrogen (secondary N) is 1. The maximum atomic E-state index is 13.4. The van der Waals surface area contributed by atoms with Gasteiger partial charge in [0.05, 0.1) is 22.9 Å². The summed E-state index contributed by atoms with van der Waals surface area (Å²) in [5.74, 6) is -0.300. The van der Waals surface area contributed by atoms with E-state index in [-0.39, 0.29) is 18.5 Å². The largest absolute Gasteiger partial charge is 0.481 e. The van der Waals surface area contributed by atoms with Crippen LogP contribution in [-0.4, -0.2) is 57.5 Å². The van der Waals surface area contributed by atoms with Gasteiger partial charge in [0.25, 0.3) is 0 Å². The smallest absolute Gasteiger partial charge is 0.324 e. The first-order valence-electron chi connectivity index (χ1n) is 11.6. The average Bonchev–Trinajstić information content (AvgIpc) is 3.01. The number of rotatable bonds is 9. The molecule has 0 aromatic carbocycles. The molecule has 9 heteroatoms. The second kappa shape index (κ2) is 12.6. The molecule has 7 nitrogen and oxygen atoms in total. The van der Waals surface area contributed by atoms with E-state index in [2.05, 4.69) is 15.2 Å². The van der Waals surface area contributed by atoms with Gasteiger partial charge < -0.3 is 14.7 Å². The van der Waals surface area contributed by atoms with E-state index in [4.69, 9.17) is 9.84 Å². The monoisotopic (exact) mass is 469 g/mol. The molecule has 0 radical (unpaired) electrons. The predicted molar refractivity (Wildman–Crippen MR) is 125 cm³/mol. The number of carbonyl (C=O) groups excluding carboxylic acids is 1. The van der Waals surface area contributed by atoms with E-state index >= 15 is 0 Å². The fraction of sp³-hybridized carbons (Fsp3) is 0.773. The summed E-state index contributed by atoms with van der Waals surface area (Å²) in [6, 6.07) is 0.507. The summed E-state index contributed by atoms with van der Waals surface area (Å²) < 4.78 is 6.74. The van der Waals surface area contributed by atoms with Gasteiger partial charge in [0.15, 0.2) is 5.13 Å². The summed E-state index contributed by atoms with van der Waals surface area (Å²) >= 11 is 2.88. The zero-order valence-electron chi connectivity index (χ0n) is 18.4. The third-order valence-corrected chi connectivity index (χ3v) is 8.26. The van der Waals surface area contributed by atoms with Crippen molar-refractivity contribution in [1.82, 2.24) is 9.88 Å². The Labute approximate surface area is 193 Å². The molecule has 1 heterocycles. The van der Waals surface area contributed by atoms with E-state index in [0.29, 0.717) is 23.0 Å². The number of urea groups is 1. The molecular formula is C22H35N3O4S2. The molecular weight excluding hydrogens is 434 g/mol. The fourth-order valence-electron chi connectivity index (χ4n) is 4.67. The summed E-state index contributed by atoms with van der Waals surface area (Å²) in [5.41, 5.74) is 0. The van der Waals surface area contributed by atoms with Crippen LogP contribution in [0.3, 0.4) is 0 Å². The zero-order chi connectivity index (χ0) is 22.1. The lowest BCUT2D eigenvalue weighted by Crippen LogP contribution is -2.50. The minimum atomic E-state index is -0.802. The Hall–Kier alpha value is -1.32. The minimum absolute atomic E-state index is 0.0387. The third-order valence-electron chi connectivity index (χ3n) is 6.15. The van der Waals surface area contributed by atoms with Crippen LogP contribution in [0.25, 0.3) is 0 Å². The predicted octanol–water partition coefficient (Wildman–Crippen LogP) is 5.61. The van der Waals surface area contributed by atoms with Gasteiger partial charge in [-0.3, -0.25) is 10.1 Å². The van der Waals surface area contributed by atoms with Gasteiger partial charge in [-0.2, -0.15) is 0 Å². The number of ether oxygens (including phenoxy) is 1. The molecule has 0 saturated heterocycles. The van der Waals surface area contributed by atoms with Crippen LogP contribution in [0.15, 0.2) is 10.4 Å². The van der Waals surface area contributed by atoms with E-state index in [1.165, 1.54) is 48.8 Å². The van der Waals surface area contributed by atoms with Crippen molar-refractivity contribution in [3.05, 3.63) is 6.20 Å². The van der Waals surface area contributed by atoms with E-state index < -0.39 is 5.97 Å². The van der Waals surface area contributed by atoms with Gasteiger partial charge in [-0.15, -0.1) is 11.8 Å². The first-order valence-corrected chi connectivity index (χ1v) is 13.4. The average molecular weight is 470 g/mol. The standard InChI is InChI=1S/C22H35N3O4S2/c1-2-29-18-11-9-17(10-12-18)25(16-7-5-3-4-6-8-16)22(28)24-21-23-15-20(31-21)30-14-13-19(26)27/h15-18H,2-14H2,1H3,(H,26,27)(H,23,24,28)/t17-,18-. The maximum absolute atomic E-state index is 13.4. The molecule has 2 aliphatic carbocycles. The lowest BCUT2D eigenvalue weighted by atomic mass is 9.90. The molecule has 2 amide bonds. The molecule has 31 heavy (non-hydrogen) atoms. The first kappa shape index (κ1) is 24.3. The van der Waals surface area contributed by atoms with Crippen LogP contribution in [0.5, 0.6) is 0 Å². The normalized spacial score (nSPS) is 22.6. The quantitative estimate of drug-likeness (QED) is 0.360. The molecule has 1 aromatic heterocycles. The van der Waals surface area contributed by atoms with Gasteiger partial charge in [0.2, 0.25) is 0 Å². The van der Waals surface area contributed by atoms with Crippen molar-refractivity contribution in [2.45, 2.75) is 99.9 Å². The number of thiazole rings is 1. The number of carboxylic acid groups (broad SMARTS) is 1. The molecule has 1 aromatic rings. The Morgan fingerprint density at radius 1 is 1.16 bits per heavy atom. The number of aromatic nitrogens is 1. The highest BCUT2D eigenvalue weighted by atomic mass is 32.2. The fourth-order valence-corrected chi connectivity index (χ4v) is 6.54. The molecule has 0 bridgehead atoms. The second-order valence-corrected chi connectivity index (χ2v) is 10.8. The number of carboxylic acids is 1. The Morgan fingerprint density at radius 2 is 1.84 bits per heavy atom. The van der Waals surface area contributed by atoms with Gasteiger partial charge in [-0.25, -0.2) is 9.78 Å². The van der Waals surface area contributed by atoms with Crippen LogP contribution in [-0.2, 0) is 9.53 Å². The van der Waals surface area contributed by atoms with E-state index in [0.717, 1.165) is 49.3 Å². The zero-order valence-corrected chi connectivity index (χ0v) is 20.0. The highest BCUT2D eigenvalue weighted by molar-refractivity contribution is 8.01. The van der Waals surface area contributed by atoms with E-state index in [1.54, 1.807) is 6.20 Å². The molecule has 0 spiro atoms. The maximum Gasteiger partial charge on any atom is 0.324 e. The van der Waals surface area contributed by atoms with Crippen LogP contribution in [0, 0.1) is 0 Å². The van der Waals surface area contributed by atoms with Gasteiger partial charge >= 0.3 is 12.0 Å². The van der Waals surface area contributed by atoms with Gasteiger partial charge in [-0.05, 0) is 45.4 Å². The van der Waals surface area contributed by atoms with Crippen molar-refractivity contribution in [1.29, 1.82) is 0 Å². The van der Waals surface area contributed by atoms with Crippen molar-refractivity contribution in [2.24, 2.45) is 0 Å². The van der Waals surface area contributed by atoms with Gasteiger partial charge in [0, 0.05) is 24.4 Å². The number of thioether (sulfide) groups is 1. The van der Waals surface area contributed by atoms with E-state index in [9.17, 15) is 9.59 Å². The number of anilines is 1. The van der Waals surface area contributed by atoms with Crippen LogP contribution in [0.1, 0.15) is 77.6 Å². The molecule has 2 N–H and O–H groups in total. The molecule has 174 valence electrons. The van der Waals surface area contributed by atoms with Gasteiger partial charge in [-0.1, -0.05) is 37.0 Å². The summed E-state index contributed by atoms with van der Waals surface area (Å²) in [6.07, 6.45) is 13.2. The van der Waals surface area contributed by atoms with Crippen LogP contribution < -0.4 is 5.32 Å². The number of nitrogens with zero attached hydrogens (tertiary/aromatic N) is 2. The molecule has 2 saturated carbocycles. The number of carbonyl (C=O) groups is 2. The van der Waals surface area contributed by atoms with Gasteiger partial charge in [0.1, 0.15) is 0 Å². The van der Waals surface area contributed by atoms with Crippen molar-refractivity contribution < 1.29 is 19.4 Å². The van der Waals surface area contributed by atoms with Crippen LogP contribution in [0.4, 0.5) is 9.93 Å². The molecule has 3 rings (SSSR count). The second-order valence-electron chi connectivity index (χ2n) is 8.35. The first-order chi connectivity index (χ1) is 15.1. The SMILES string of the molecule is CCO[C@H]1CC[C@H](N(C(=O)Nc2ncc(SCCC(=O)O)s2)C2CCCCCC2)CC1. The van der Waals surface area contributed by atoms with Crippen molar-refractivity contribution in [2.75, 3.05) is 17.7 Å². The summed E-state index contributed by atoms with van der Waals surface area (Å²) in [7, 11) is 0. The van der Waals surface area contributed by atoms with Crippen molar-refractivity contribution in [3.8, 4) is 0 Å². The van der Waals surface area contributed by atoms with Crippen molar-refractivity contribution in [3.63, 3.8) is 0 Å². The Kier molecular flexibility index (Phi) is 9.93. The van der Waals surface area contributed by atoms with Crippen LogP contribution in [0.2, 0.25) is 0 Å². The minimum Gasteiger partial charge on any atom is -0.481 e. The number of aliphatic carboxylic acids is 1. The van der Waals surface area contributed by atoms with Crippen LogP contribution >= 0.6 is 23.1 Å². The number of hydrogen-bond donors (Lipinski definition) is 2. The topological polar surface area (TPSA) is 91.8 Å². The molecule has 0 unspecified atom stereocenters. The summed E-state index contributed by atoms with van der Waals surface area (Å²) in [4.78, 5) is 30.6. The molecule has 2 fully saturated rings. The highest BCUT2D eigenvalue weighted by Crippen LogP contribution is 2.33. The lowest BCUT2D eigenvalue weighted by molar-refractivity contribution is -0.136. The molecule has 2 aliphatic rings. The number of amides is 2. The number of hydrogen-bond acceptors (Lipinski definition) is 6. The van der Waals surface area contributed by atoms with E-state index in [1.807, 2.05) is 6.92 Å². The van der Waals surface area contributed by atoms with Crippen molar-refractivity contribution >= 4 is 40.2 Å². The highest BCUT2D eigenvalue weighted by Gasteiger charge is 2.34. The lowest BCUT2D eigenvalue weighted by Gasteiger charge is -2.41. The summed E-state index contributed by atoms with van der Waals surface area (Å²) in [6.45, 7) is 2.79. The summed E-state index contributed by atoms with van der Waals surface area (Å²) in [5, 5.41) is 12.4. The molecule has 0 atom stereocenters. The Bertz CT molecular complexity index is 699.